The van der Waals surface area contributed by atoms with Crippen LogP contribution in [0.1, 0.15) is 21.5 Å². The topological polar surface area (TPSA) is 52.6 Å². The van der Waals surface area contributed by atoms with Crippen LogP contribution in [-0.4, -0.2) is 30.0 Å². The van der Waals surface area contributed by atoms with Gasteiger partial charge in [-0.15, -0.1) is 0 Å². The number of phenols is 1. The fourth-order valence-corrected chi connectivity index (χ4v) is 2.79. The maximum absolute atomic E-state index is 12.5. The minimum Gasteiger partial charge on any atom is -0.506 e. The van der Waals surface area contributed by atoms with Crippen LogP contribution in [0.4, 0.5) is 5.69 Å². The zero-order valence-corrected chi connectivity index (χ0v) is 14.4. The molecule has 0 saturated carbocycles. The first kappa shape index (κ1) is 16.5. The van der Waals surface area contributed by atoms with Crippen LogP contribution < -0.4 is 5.32 Å². The Bertz CT molecular complexity index is 699. The van der Waals surface area contributed by atoms with Gasteiger partial charge in [0.05, 0.1) is 10.0 Å². The number of carbonyl (C=O) groups is 1. The summed E-state index contributed by atoms with van der Waals surface area (Å²) < 4.78 is 0.513. The van der Waals surface area contributed by atoms with Crippen molar-refractivity contribution in [2.45, 2.75) is 13.5 Å². The molecule has 4 nitrogen and oxygen atoms in total. The quantitative estimate of drug-likeness (QED) is 0.869. The molecule has 0 radical (unpaired) electrons. The first-order chi connectivity index (χ1) is 10.4. The highest BCUT2D eigenvalue weighted by Crippen LogP contribution is 2.30. The smallest absolute Gasteiger partial charge is 0.259 e. The van der Waals surface area contributed by atoms with E-state index in [4.69, 9.17) is 0 Å². The van der Waals surface area contributed by atoms with Gasteiger partial charge in [0.2, 0.25) is 0 Å². The van der Waals surface area contributed by atoms with Gasteiger partial charge in [-0.1, -0.05) is 18.2 Å². The zero-order chi connectivity index (χ0) is 16.3. The van der Waals surface area contributed by atoms with Crippen molar-refractivity contribution in [3.05, 3.63) is 57.6 Å². The standard InChI is InChI=1S/C17H19BrN2O2/c1-11-8-13(16(21)14(18)9-11)17(22)19-15-7-5-4-6-12(15)10-20(2)3/h4-9,21H,10H2,1-3H3,(H,19,22). The zero-order valence-electron chi connectivity index (χ0n) is 12.9. The number of nitrogens with zero attached hydrogens (tertiary/aromatic N) is 1. The third-order valence-electron chi connectivity index (χ3n) is 3.20. The minimum absolute atomic E-state index is 0.0480. The van der Waals surface area contributed by atoms with E-state index in [2.05, 4.69) is 21.2 Å². The minimum atomic E-state index is -0.326. The Morgan fingerprint density at radius 3 is 2.64 bits per heavy atom. The molecule has 0 atom stereocenters. The number of phenolic OH excluding ortho intramolecular Hbond substituents is 1. The maximum atomic E-state index is 12.5. The molecule has 0 fully saturated rings. The first-order valence-electron chi connectivity index (χ1n) is 6.91. The number of nitrogens with one attached hydrogen (secondary N) is 1. The highest BCUT2D eigenvalue weighted by molar-refractivity contribution is 9.10. The maximum Gasteiger partial charge on any atom is 0.259 e. The van der Waals surface area contributed by atoms with Crippen LogP contribution in [0.2, 0.25) is 0 Å². The Kier molecular flexibility index (Phi) is 5.21. The van der Waals surface area contributed by atoms with Gasteiger partial charge < -0.3 is 15.3 Å². The van der Waals surface area contributed by atoms with Crippen molar-refractivity contribution >= 4 is 27.5 Å². The van der Waals surface area contributed by atoms with E-state index in [1.165, 1.54) is 0 Å². The number of para-hydroxylation sites is 1. The molecule has 0 aliphatic carbocycles. The predicted octanol–water partition coefficient (Wildman–Crippen LogP) is 3.78. The van der Waals surface area contributed by atoms with Gasteiger partial charge in [-0.2, -0.15) is 0 Å². The fourth-order valence-electron chi connectivity index (χ4n) is 2.22. The third-order valence-corrected chi connectivity index (χ3v) is 3.81. The molecule has 5 heteroatoms. The third kappa shape index (κ3) is 3.87. The summed E-state index contributed by atoms with van der Waals surface area (Å²) in [5, 5.41) is 13.0. The summed E-state index contributed by atoms with van der Waals surface area (Å²) in [6.45, 7) is 2.60. The molecule has 2 rings (SSSR count). The second-order valence-electron chi connectivity index (χ2n) is 5.49. The molecule has 0 unspecified atom stereocenters. The predicted molar refractivity (Wildman–Crippen MR) is 92.3 cm³/mol. The molecule has 116 valence electrons. The summed E-state index contributed by atoms with van der Waals surface area (Å²) in [4.78, 5) is 14.5. The Morgan fingerprint density at radius 1 is 1.27 bits per heavy atom. The van der Waals surface area contributed by atoms with E-state index >= 15 is 0 Å². The molecule has 0 spiro atoms. The summed E-state index contributed by atoms with van der Waals surface area (Å²) in [6, 6.07) is 11.1. The molecule has 1 amide bonds. The number of hydrogen-bond acceptors (Lipinski definition) is 3. The van der Waals surface area contributed by atoms with Gasteiger partial charge >= 0.3 is 0 Å². The second kappa shape index (κ2) is 6.94. The summed E-state index contributed by atoms with van der Waals surface area (Å²) in [5.74, 6) is -0.374. The van der Waals surface area contributed by atoms with Gasteiger partial charge in [-0.25, -0.2) is 0 Å². The van der Waals surface area contributed by atoms with Crippen molar-refractivity contribution in [1.82, 2.24) is 4.90 Å². The van der Waals surface area contributed by atoms with Gasteiger partial charge in [0.15, 0.2) is 0 Å². The molecule has 0 aliphatic heterocycles. The van der Waals surface area contributed by atoms with Crippen LogP contribution in [0, 0.1) is 6.92 Å². The lowest BCUT2D eigenvalue weighted by Crippen LogP contribution is -2.17. The van der Waals surface area contributed by atoms with Crippen molar-refractivity contribution in [2.75, 3.05) is 19.4 Å². The van der Waals surface area contributed by atoms with E-state index in [0.29, 0.717) is 4.47 Å². The number of rotatable bonds is 4. The number of anilines is 1. The van der Waals surface area contributed by atoms with Crippen LogP contribution in [0.5, 0.6) is 5.75 Å². The first-order valence-corrected chi connectivity index (χ1v) is 7.71. The molecule has 0 saturated heterocycles. The molecular formula is C17H19BrN2O2. The van der Waals surface area contributed by atoms with Crippen molar-refractivity contribution in [3.63, 3.8) is 0 Å². The second-order valence-corrected chi connectivity index (χ2v) is 6.35. The van der Waals surface area contributed by atoms with E-state index in [9.17, 15) is 9.90 Å². The van der Waals surface area contributed by atoms with Crippen LogP contribution >= 0.6 is 15.9 Å². The lowest BCUT2D eigenvalue weighted by Gasteiger charge is -2.15. The van der Waals surface area contributed by atoms with E-state index in [1.54, 1.807) is 12.1 Å². The van der Waals surface area contributed by atoms with Crippen molar-refractivity contribution in [3.8, 4) is 5.75 Å². The summed E-state index contributed by atoms with van der Waals surface area (Å²) in [5.41, 5.74) is 2.92. The Balaban J connectivity index is 2.30. The average molecular weight is 363 g/mol. The van der Waals surface area contributed by atoms with Crippen LogP contribution in [0.25, 0.3) is 0 Å². The van der Waals surface area contributed by atoms with Crippen LogP contribution in [0.3, 0.4) is 0 Å². The highest BCUT2D eigenvalue weighted by atomic mass is 79.9. The lowest BCUT2D eigenvalue weighted by atomic mass is 10.1. The monoisotopic (exact) mass is 362 g/mol. The fraction of sp³-hybridized carbons (Fsp3) is 0.235. The SMILES string of the molecule is Cc1cc(Br)c(O)c(C(=O)Nc2ccccc2CN(C)C)c1. The largest absolute Gasteiger partial charge is 0.506 e. The van der Waals surface area contributed by atoms with Crippen LogP contribution in [0.15, 0.2) is 40.9 Å². The molecule has 2 aromatic rings. The molecule has 2 N–H and O–H groups in total. The van der Waals surface area contributed by atoms with Crippen molar-refractivity contribution in [2.24, 2.45) is 0 Å². The number of aromatic hydroxyl groups is 1. The number of aryl methyl sites for hydroxylation is 1. The normalized spacial score (nSPS) is 10.8. The number of carbonyl (C=O) groups excluding carboxylic acids is 1. The Labute approximate surface area is 138 Å². The summed E-state index contributed by atoms with van der Waals surface area (Å²) in [6.07, 6.45) is 0. The van der Waals surface area contributed by atoms with Gasteiger partial charge in [0.25, 0.3) is 5.91 Å². The van der Waals surface area contributed by atoms with Gasteiger partial charge in [0.1, 0.15) is 5.75 Å². The number of benzene rings is 2. The van der Waals surface area contributed by atoms with Crippen LogP contribution in [-0.2, 0) is 6.54 Å². The Hall–Kier alpha value is -1.85. The van der Waals surface area contributed by atoms with E-state index in [-0.39, 0.29) is 17.2 Å². The molecule has 0 aromatic heterocycles. The molecule has 0 bridgehead atoms. The van der Waals surface area contributed by atoms with Gasteiger partial charge in [-0.05, 0) is 66.3 Å². The summed E-state index contributed by atoms with van der Waals surface area (Å²) >= 11 is 3.26. The number of hydrogen-bond donors (Lipinski definition) is 2. The van der Waals surface area contributed by atoms with E-state index in [0.717, 1.165) is 23.4 Å². The highest BCUT2D eigenvalue weighted by Gasteiger charge is 2.16. The number of amides is 1. The lowest BCUT2D eigenvalue weighted by molar-refractivity contribution is 0.102. The number of halogens is 1. The molecular weight excluding hydrogens is 344 g/mol. The van der Waals surface area contributed by atoms with E-state index in [1.807, 2.05) is 50.2 Å². The molecule has 2 aromatic carbocycles. The molecule has 0 aliphatic rings. The Morgan fingerprint density at radius 2 is 1.95 bits per heavy atom. The van der Waals surface area contributed by atoms with Gasteiger partial charge in [0, 0.05) is 12.2 Å². The molecule has 0 heterocycles. The van der Waals surface area contributed by atoms with Crippen molar-refractivity contribution < 1.29 is 9.90 Å². The van der Waals surface area contributed by atoms with E-state index < -0.39 is 0 Å². The average Bonchev–Trinajstić information content (AvgIpc) is 2.44. The van der Waals surface area contributed by atoms with Gasteiger partial charge in [-0.3, -0.25) is 4.79 Å². The summed E-state index contributed by atoms with van der Waals surface area (Å²) in [7, 11) is 3.95. The van der Waals surface area contributed by atoms with Crippen molar-refractivity contribution in [1.29, 1.82) is 0 Å². The molecule has 22 heavy (non-hydrogen) atoms.